The Kier molecular flexibility index (Phi) is 7.14. The van der Waals surface area contributed by atoms with Crippen LogP contribution < -0.4 is 5.32 Å². The standard InChI is InChI=1S/C16H22F2N2O2/c1-5-9-22-11(2)16(21)19-10-14(20(3)4)15-12(17)7-6-8-13(15)18/h5-8,11,14H,1,9-10H2,2-4H3,(H,19,21). The molecule has 1 amide bonds. The van der Waals surface area contributed by atoms with E-state index in [4.69, 9.17) is 4.74 Å². The maximum absolute atomic E-state index is 13.9. The lowest BCUT2D eigenvalue weighted by Crippen LogP contribution is -2.40. The molecule has 6 heteroatoms. The first-order chi connectivity index (χ1) is 10.4. The van der Waals surface area contributed by atoms with Crippen molar-refractivity contribution in [3.05, 3.63) is 48.1 Å². The van der Waals surface area contributed by atoms with Crippen molar-refractivity contribution in [1.29, 1.82) is 0 Å². The molecule has 1 aromatic rings. The molecule has 0 aliphatic heterocycles. The highest BCUT2D eigenvalue weighted by atomic mass is 19.1. The summed E-state index contributed by atoms with van der Waals surface area (Å²) in [6, 6.07) is 3.10. The monoisotopic (exact) mass is 312 g/mol. The number of nitrogens with zero attached hydrogens (tertiary/aromatic N) is 1. The van der Waals surface area contributed by atoms with Crippen molar-refractivity contribution in [2.24, 2.45) is 0 Å². The van der Waals surface area contributed by atoms with E-state index >= 15 is 0 Å². The zero-order chi connectivity index (χ0) is 16.7. The highest BCUT2D eigenvalue weighted by Crippen LogP contribution is 2.23. The summed E-state index contributed by atoms with van der Waals surface area (Å²) in [6.07, 6.45) is 0.882. The highest BCUT2D eigenvalue weighted by Gasteiger charge is 2.23. The number of carbonyl (C=O) groups excluding carboxylic acids is 1. The van der Waals surface area contributed by atoms with Crippen LogP contribution in [0.25, 0.3) is 0 Å². The van der Waals surface area contributed by atoms with Gasteiger partial charge in [-0.1, -0.05) is 12.1 Å². The number of hydrogen-bond acceptors (Lipinski definition) is 3. The minimum atomic E-state index is -0.661. The fourth-order valence-electron chi connectivity index (χ4n) is 2.00. The number of rotatable bonds is 8. The summed E-state index contributed by atoms with van der Waals surface area (Å²) >= 11 is 0. The Bertz CT molecular complexity index is 501. The smallest absolute Gasteiger partial charge is 0.248 e. The molecule has 0 saturated heterocycles. The van der Waals surface area contributed by atoms with Gasteiger partial charge in [0.15, 0.2) is 0 Å². The fourth-order valence-corrected chi connectivity index (χ4v) is 2.00. The Labute approximate surface area is 129 Å². The number of likely N-dealkylation sites (N-methyl/N-ethyl adjacent to an activating group) is 1. The summed E-state index contributed by atoms with van der Waals surface area (Å²) in [6.45, 7) is 5.44. The van der Waals surface area contributed by atoms with E-state index in [0.717, 1.165) is 0 Å². The molecule has 0 aliphatic carbocycles. The SMILES string of the molecule is C=CCOC(C)C(=O)NCC(c1c(F)cccc1F)N(C)C. The van der Waals surface area contributed by atoms with Gasteiger partial charge in [0, 0.05) is 12.1 Å². The van der Waals surface area contributed by atoms with E-state index in [9.17, 15) is 13.6 Å². The van der Waals surface area contributed by atoms with E-state index in [0.29, 0.717) is 0 Å². The first-order valence-electron chi connectivity index (χ1n) is 6.99. The zero-order valence-electron chi connectivity index (χ0n) is 13.1. The van der Waals surface area contributed by atoms with Crippen LogP contribution in [0.5, 0.6) is 0 Å². The molecule has 0 aliphatic rings. The fraction of sp³-hybridized carbons (Fsp3) is 0.438. The predicted octanol–water partition coefficient (Wildman–Crippen LogP) is 2.27. The normalized spacial score (nSPS) is 13.7. The average Bonchev–Trinajstić information content (AvgIpc) is 2.46. The Hall–Kier alpha value is -1.79. The number of benzene rings is 1. The van der Waals surface area contributed by atoms with Crippen LogP contribution in [0.1, 0.15) is 18.5 Å². The molecule has 2 atom stereocenters. The average molecular weight is 312 g/mol. The van der Waals surface area contributed by atoms with E-state index < -0.39 is 23.8 Å². The number of halogens is 2. The van der Waals surface area contributed by atoms with Crippen LogP contribution >= 0.6 is 0 Å². The molecular weight excluding hydrogens is 290 g/mol. The van der Waals surface area contributed by atoms with Crippen LogP contribution in [-0.4, -0.2) is 44.2 Å². The van der Waals surface area contributed by atoms with Crippen molar-refractivity contribution in [1.82, 2.24) is 10.2 Å². The van der Waals surface area contributed by atoms with Gasteiger partial charge >= 0.3 is 0 Å². The van der Waals surface area contributed by atoms with Gasteiger partial charge in [0.1, 0.15) is 17.7 Å². The Balaban J connectivity index is 2.78. The molecule has 0 heterocycles. The molecule has 4 nitrogen and oxygen atoms in total. The molecule has 0 bridgehead atoms. The number of ether oxygens (including phenoxy) is 1. The van der Waals surface area contributed by atoms with E-state index in [1.807, 2.05) is 0 Å². The van der Waals surface area contributed by atoms with Crippen molar-refractivity contribution in [3.63, 3.8) is 0 Å². The molecule has 0 aromatic heterocycles. The van der Waals surface area contributed by atoms with Gasteiger partial charge in [-0.05, 0) is 33.2 Å². The summed E-state index contributed by atoms with van der Waals surface area (Å²) in [5.74, 6) is -1.61. The van der Waals surface area contributed by atoms with Gasteiger partial charge in [-0.3, -0.25) is 4.79 Å². The Morgan fingerprint density at radius 3 is 2.50 bits per heavy atom. The van der Waals surface area contributed by atoms with Gasteiger partial charge in [-0.25, -0.2) is 8.78 Å². The van der Waals surface area contributed by atoms with Crippen LogP contribution in [0.15, 0.2) is 30.9 Å². The molecule has 1 aromatic carbocycles. The third kappa shape index (κ3) is 4.89. The molecule has 1 N–H and O–H groups in total. The van der Waals surface area contributed by atoms with Crippen LogP contribution in [0.4, 0.5) is 8.78 Å². The van der Waals surface area contributed by atoms with Crippen LogP contribution in [0.3, 0.4) is 0 Å². The van der Waals surface area contributed by atoms with Gasteiger partial charge in [0.05, 0.1) is 12.6 Å². The van der Waals surface area contributed by atoms with Gasteiger partial charge < -0.3 is 15.0 Å². The van der Waals surface area contributed by atoms with E-state index in [2.05, 4.69) is 11.9 Å². The van der Waals surface area contributed by atoms with Gasteiger partial charge in [0.2, 0.25) is 5.91 Å². The number of amides is 1. The third-order valence-electron chi connectivity index (χ3n) is 3.26. The van der Waals surface area contributed by atoms with Crippen molar-refractivity contribution < 1.29 is 18.3 Å². The first kappa shape index (κ1) is 18.3. The largest absolute Gasteiger partial charge is 0.365 e. The number of hydrogen-bond donors (Lipinski definition) is 1. The maximum atomic E-state index is 13.9. The molecule has 0 radical (unpaired) electrons. The molecule has 1 rings (SSSR count). The summed E-state index contributed by atoms with van der Waals surface area (Å²) in [4.78, 5) is 13.6. The lowest BCUT2D eigenvalue weighted by molar-refractivity contribution is -0.131. The molecule has 0 spiro atoms. The van der Waals surface area contributed by atoms with Crippen LogP contribution in [-0.2, 0) is 9.53 Å². The zero-order valence-corrected chi connectivity index (χ0v) is 13.1. The van der Waals surface area contributed by atoms with Crippen LogP contribution in [0.2, 0.25) is 0 Å². The predicted molar refractivity (Wildman–Crippen MR) is 81.4 cm³/mol. The second-order valence-electron chi connectivity index (χ2n) is 5.12. The summed E-state index contributed by atoms with van der Waals surface area (Å²) < 4.78 is 33.0. The van der Waals surface area contributed by atoms with Gasteiger partial charge in [0.25, 0.3) is 0 Å². The van der Waals surface area contributed by atoms with Crippen LogP contribution in [0, 0.1) is 11.6 Å². The minimum absolute atomic E-state index is 0.0625. The molecule has 2 unspecified atom stereocenters. The second-order valence-corrected chi connectivity index (χ2v) is 5.12. The lowest BCUT2D eigenvalue weighted by atomic mass is 10.0. The lowest BCUT2D eigenvalue weighted by Gasteiger charge is -2.26. The van der Waals surface area contributed by atoms with E-state index in [1.165, 1.54) is 18.2 Å². The van der Waals surface area contributed by atoms with Gasteiger partial charge in [-0.2, -0.15) is 0 Å². The Morgan fingerprint density at radius 1 is 1.41 bits per heavy atom. The highest BCUT2D eigenvalue weighted by molar-refractivity contribution is 5.80. The molecule has 122 valence electrons. The van der Waals surface area contributed by atoms with Crippen molar-refractivity contribution in [3.8, 4) is 0 Å². The summed E-state index contributed by atoms with van der Waals surface area (Å²) in [7, 11) is 3.39. The van der Waals surface area contributed by atoms with Crippen molar-refractivity contribution in [2.75, 3.05) is 27.2 Å². The molecule has 0 fully saturated rings. The van der Waals surface area contributed by atoms with Gasteiger partial charge in [-0.15, -0.1) is 6.58 Å². The maximum Gasteiger partial charge on any atom is 0.248 e. The molecule has 0 saturated carbocycles. The van der Waals surface area contributed by atoms with E-state index in [-0.39, 0.29) is 24.6 Å². The molecule has 22 heavy (non-hydrogen) atoms. The summed E-state index contributed by atoms with van der Waals surface area (Å²) in [5, 5.41) is 2.65. The molecular formula is C16H22F2N2O2. The topological polar surface area (TPSA) is 41.6 Å². The van der Waals surface area contributed by atoms with E-state index in [1.54, 1.807) is 32.0 Å². The van der Waals surface area contributed by atoms with Crippen molar-refractivity contribution >= 4 is 5.91 Å². The second kappa shape index (κ2) is 8.60. The first-order valence-corrected chi connectivity index (χ1v) is 6.99. The third-order valence-corrected chi connectivity index (χ3v) is 3.26. The number of nitrogens with one attached hydrogen (secondary N) is 1. The van der Waals surface area contributed by atoms with Crippen molar-refractivity contribution in [2.45, 2.75) is 19.1 Å². The quantitative estimate of drug-likeness (QED) is 0.749. The number of carbonyl (C=O) groups is 1. The Morgan fingerprint density at radius 2 is 2.00 bits per heavy atom. The minimum Gasteiger partial charge on any atom is -0.365 e. The summed E-state index contributed by atoms with van der Waals surface area (Å²) in [5.41, 5.74) is -0.0625.